The van der Waals surface area contributed by atoms with Crippen LogP contribution in [0, 0.1) is 5.92 Å². The highest BCUT2D eigenvalue weighted by atomic mass is 16.3. The number of amidine groups is 1. The first kappa shape index (κ1) is 26.9. The summed E-state index contributed by atoms with van der Waals surface area (Å²) in [5.74, 6) is 2.33. The van der Waals surface area contributed by atoms with Crippen LogP contribution < -0.4 is 0 Å². The minimum atomic E-state index is 0.251. The maximum atomic E-state index is 9.45. The zero-order valence-corrected chi connectivity index (χ0v) is 21.2. The fraction of sp³-hybridized carbons (Fsp3) is 0.759. The molecule has 0 spiro atoms. The molecule has 0 atom stereocenters. The van der Waals surface area contributed by atoms with Crippen molar-refractivity contribution < 1.29 is 9.68 Å². The third-order valence-electron chi connectivity index (χ3n) is 6.89. The van der Waals surface area contributed by atoms with Gasteiger partial charge in [0.15, 0.2) is 0 Å². The SMILES string of the molecule is CC(C)CCCCCCCCCCCCCCC1=[N+](Cc2ccccc2)CCN1CCO. The van der Waals surface area contributed by atoms with Crippen molar-refractivity contribution in [2.24, 2.45) is 5.92 Å². The average Bonchev–Trinajstić information content (AvgIpc) is 3.15. The number of β-amino-alcohol motifs (C(OH)–C–C–N with tert-alkyl or cyclic N) is 1. The van der Waals surface area contributed by atoms with Crippen molar-refractivity contribution >= 4 is 5.84 Å². The molecule has 32 heavy (non-hydrogen) atoms. The Morgan fingerprint density at radius 3 is 1.94 bits per heavy atom. The maximum absolute atomic E-state index is 9.45. The Labute approximate surface area is 198 Å². The zero-order chi connectivity index (χ0) is 22.9. The lowest BCUT2D eigenvalue weighted by atomic mass is 10.0. The van der Waals surface area contributed by atoms with Crippen molar-refractivity contribution in [3.8, 4) is 0 Å². The summed E-state index contributed by atoms with van der Waals surface area (Å²) in [7, 11) is 0. The van der Waals surface area contributed by atoms with E-state index in [0.717, 1.165) is 38.5 Å². The van der Waals surface area contributed by atoms with Crippen LogP contribution in [0.1, 0.15) is 109 Å². The van der Waals surface area contributed by atoms with Gasteiger partial charge in [-0.25, -0.2) is 0 Å². The van der Waals surface area contributed by atoms with Crippen molar-refractivity contribution in [1.82, 2.24) is 4.90 Å². The fourth-order valence-electron chi connectivity index (χ4n) is 4.95. The lowest BCUT2D eigenvalue weighted by Gasteiger charge is -2.12. The average molecular weight is 444 g/mol. The molecule has 3 nitrogen and oxygen atoms in total. The molecule has 0 bridgehead atoms. The minimum Gasteiger partial charge on any atom is -0.392 e. The van der Waals surface area contributed by atoms with Crippen LogP contribution in [0.5, 0.6) is 0 Å². The summed E-state index contributed by atoms with van der Waals surface area (Å²) < 4.78 is 2.54. The number of rotatable bonds is 19. The molecule has 0 amide bonds. The predicted molar refractivity (Wildman–Crippen MR) is 138 cm³/mol. The summed E-state index contributed by atoms with van der Waals surface area (Å²) >= 11 is 0. The molecule has 0 unspecified atom stereocenters. The molecule has 2 rings (SSSR count). The van der Waals surface area contributed by atoms with Crippen LogP contribution in [0.4, 0.5) is 0 Å². The van der Waals surface area contributed by atoms with Gasteiger partial charge < -0.3 is 5.11 Å². The van der Waals surface area contributed by atoms with Gasteiger partial charge >= 0.3 is 0 Å². The van der Waals surface area contributed by atoms with Crippen molar-refractivity contribution in [3.05, 3.63) is 35.9 Å². The number of benzene rings is 1. The van der Waals surface area contributed by atoms with Crippen molar-refractivity contribution in [2.45, 2.75) is 110 Å². The highest BCUT2D eigenvalue weighted by Crippen LogP contribution is 2.16. The second-order valence-electron chi connectivity index (χ2n) is 10.2. The van der Waals surface area contributed by atoms with Gasteiger partial charge in [-0.3, -0.25) is 9.48 Å². The Hall–Kier alpha value is -1.35. The quantitative estimate of drug-likeness (QED) is 0.184. The number of nitrogens with zero attached hydrogens (tertiary/aromatic N) is 2. The first-order chi connectivity index (χ1) is 15.7. The largest absolute Gasteiger partial charge is 0.392 e. The van der Waals surface area contributed by atoms with Gasteiger partial charge in [0.05, 0.1) is 6.61 Å². The summed E-state index contributed by atoms with van der Waals surface area (Å²) in [5.41, 5.74) is 1.38. The molecule has 3 heteroatoms. The Kier molecular flexibility index (Phi) is 14.4. The van der Waals surface area contributed by atoms with Crippen LogP contribution in [0.15, 0.2) is 30.3 Å². The van der Waals surface area contributed by atoms with Crippen molar-refractivity contribution in [1.29, 1.82) is 0 Å². The zero-order valence-electron chi connectivity index (χ0n) is 21.2. The van der Waals surface area contributed by atoms with E-state index in [2.05, 4.69) is 53.7 Å². The molecule has 1 aliphatic heterocycles. The number of hydrogen-bond acceptors (Lipinski definition) is 2. The highest BCUT2D eigenvalue weighted by molar-refractivity contribution is 5.78. The minimum absolute atomic E-state index is 0.251. The second kappa shape index (κ2) is 17.2. The molecular formula is C29H51N2O+. The second-order valence-corrected chi connectivity index (χ2v) is 10.2. The van der Waals surface area contributed by atoms with Crippen LogP contribution in [0.25, 0.3) is 0 Å². The number of aliphatic hydroxyl groups is 1. The van der Waals surface area contributed by atoms with Crippen molar-refractivity contribution in [2.75, 3.05) is 26.2 Å². The van der Waals surface area contributed by atoms with E-state index >= 15 is 0 Å². The summed E-state index contributed by atoms with van der Waals surface area (Å²) in [6, 6.07) is 10.8. The Morgan fingerprint density at radius 1 is 0.812 bits per heavy atom. The molecule has 1 aromatic carbocycles. The summed E-state index contributed by atoms with van der Waals surface area (Å²) in [4.78, 5) is 2.41. The maximum Gasteiger partial charge on any atom is 0.247 e. The third kappa shape index (κ3) is 11.5. The monoisotopic (exact) mass is 443 g/mol. The molecule has 1 N–H and O–H groups in total. The van der Waals surface area contributed by atoms with Gasteiger partial charge in [0.25, 0.3) is 0 Å². The van der Waals surface area contributed by atoms with Gasteiger partial charge in [0.1, 0.15) is 26.2 Å². The van der Waals surface area contributed by atoms with Crippen LogP contribution in [-0.2, 0) is 6.54 Å². The Balaban J connectivity index is 1.53. The van der Waals surface area contributed by atoms with Crippen LogP contribution in [-0.4, -0.2) is 46.7 Å². The van der Waals surface area contributed by atoms with E-state index in [1.807, 2.05) is 0 Å². The van der Waals surface area contributed by atoms with Gasteiger partial charge in [-0.2, -0.15) is 0 Å². The first-order valence-electron chi connectivity index (χ1n) is 13.7. The smallest absolute Gasteiger partial charge is 0.247 e. The molecule has 1 aliphatic rings. The number of hydrogen-bond donors (Lipinski definition) is 1. The molecule has 0 saturated heterocycles. The molecule has 0 aliphatic carbocycles. The van der Waals surface area contributed by atoms with E-state index in [4.69, 9.17) is 0 Å². The Bertz CT molecular complexity index is 611. The van der Waals surface area contributed by atoms with E-state index < -0.39 is 0 Å². The first-order valence-corrected chi connectivity index (χ1v) is 13.7. The van der Waals surface area contributed by atoms with Gasteiger partial charge in [0, 0.05) is 6.42 Å². The van der Waals surface area contributed by atoms with Crippen LogP contribution in [0.3, 0.4) is 0 Å². The highest BCUT2D eigenvalue weighted by Gasteiger charge is 2.29. The summed E-state index contributed by atoms with van der Waals surface area (Å²) in [6.07, 6.45) is 19.4. The number of aliphatic hydroxyl groups excluding tert-OH is 1. The fourth-order valence-corrected chi connectivity index (χ4v) is 4.95. The van der Waals surface area contributed by atoms with E-state index in [0.29, 0.717) is 0 Å². The van der Waals surface area contributed by atoms with E-state index in [-0.39, 0.29) is 6.61 Å². The van der Waals surface area contributed by atoms with Crippen LogP contribution in [0.2, 0.25) is 0 Å². The molecular weight excluding hydrogens is 392 g/mol. The summed E-state index contributed by atoms with van der Waals surface area (Å²) in [6.45, 7) is 8.83. The predicted octanol–water partition coefficient (Wildman–Crippen LogP) is 7.02. The molecule has 0 fully saturated rings. The topological polar surface area (TPSA) is 26.5 Å². The summed E-state index contributed by atoms with van der Waals surface area (Å²) in [5, 5.41) is 9.45. The molecule has 1 heterocycles. The van der Waals surface area contributed by atoms with Gasteiger partial charge in [-0.1, -0.05) is 121 Å². The van der Waals surface area contributed by atoms with Gasteiger partial charge in [-0.15, -0.1) is 0 Å². The third-order valence-corrected chi connectivity index (χ3v) is 6.89. The van der Waals surface area contributed by atoms with E-state index in [9.17, 15) is 5.11 Å². The Morgan fingerprint density at radius 2 is 1.38 bits per heavy atom. The van der Waals surface area contributed by atoms with Crippen molar-refractivity contribution in [3.63, 3.8) is 0 Å². The van der Waals surface area contributed by atoms with E-state index in [1.54, 1.807) is 0 Å². The van der Waals surface area contributed by atoms with Crippen LogP contribution >= 0.6 is 0 Å². The lowest BCUT2D eigenvalue weighted by molar-refractivity contribution is -0.535. The van der Waals surface area contributed by atoms with Gasteiger partial charge in [0.2, 0.25) is 5.84 Å². The number of unbranched alkanes of at least 4 members (excludes halogenated alkanes) is 11. The standard InChI is InChI=1S/C29H51N2O/c1-27(2)18-14-11-9-7-5-3-4-6-8-10-12-17-21-29-30(24-25-32)22-23-31(29)26-28-19-15-13-16-20-28/h13,15-16,19-20,27,32H,3-12,14,17-18,21-26H2,1-2H3/q+1. The molecule has 0 saturated carbocycles. The molecule has 182 valence electrons. The van der Waals surface area contributed by atoms with Gasteiger partial charge in [-0.05, 0) is 17.9 Å². The normalized spacial score (nSPS) is 14.2. The molecule has 1 aromatic rings. The molecule has 0 aromatic heterocycles. The van der Waals surface area contributed by atoms with E-state index in [1.165, 1.54) is 94.9 Å². The lowest BCUT2D eigenvalue weighted by Crippen LogP contribution is -2.32. The molecule has 0 radical (unpaired) electrons.